The number of methoxy groups -OCH3 is 1. The van der Waals surface area contributed by atoms with E-state index in [2.05, 4.69) is 5.32 Å². The van der Waals surface area contributed by atoms with Gasteiger partial charge in [-0.15, -0.1) is 0 Å². The molecular formula is C21H24N2O8S. The molecule has 0 radical (unpaired) electrons. The normalized spacial score (nSPS) is 15.9. The summed E-state index contributed by atoms with van der Waals surface area (Å²) < 4.78 is 40.3. The number of nitro benzene ring substituents is 1. The molecule has 0 aliphatic carbocycles. The number of benzene rings is 2. The number of sulfone groups is 1. The summed E-state index contributed by atoms with van der Waals surface area (Å²) in [5.41, 5.74) is 0.101. The highest BCUT2D eigenvalue weighted by molar-refractivity contribution is 7.90. The van der Waals surface area contributed by atoms with Gasteiger partial charge in [0.25, 0.3) is 11.6 Å². The molecule has 1 heterocycles. The number of non-ortho nitro benzene ring substituents is 1. The third-order valence-electron chi connectivity index (χ3n) is 4.92. The van der Waals surface area contributed by atoms with E-state index in [4.69, 9.17) is 14.2 Å². The van der Waals surface area contributed by atoms with Gasteiger partial charge in [0.05, 0.1) is 23.0 Å². The summed E-state index contributed by atoms with van der Waals surface area (Å²) in [5, 5.41) is 13.8. The number of ether oxygens (including phenoxy) is 3. The first-order valence-electron chi connectivity index (χ1n) is 9.86. The number of carbonyl (C=O) groups is 1. The summed E-state index contributed by atoms with van der Waals surface area (Å²) >= 11 is 0. The fourth-order valence-electron chi connectivity index (χ4n) is 3.22. The van der Waals surface area contributed by atoms with Crippen molar-refractivity contribution in [2.75, 3.05) is 26.6 Å². The molecule has 32 heavy (non-hydrogen) atoms. The topological polar surface area (TPSA) is 134 Å². The van der Waals surface area contributed by atoms with Crippen molar-refractivity contribution < 1.29 is 32.3 Å². The Hall–Kier alpha value is -3.18. The molecule has 10 nitrogen and oxygen atoms in total. The molecule has 1 aliphatic rings. The van der Waals surface area contributed by atoms with Gasteiger partial charge in [0.1, 0.15) is 6.61 Å². The van der Waals surface area contributed by atoms with Gasteiger partial charge in [-0.25, -0.2) is 8.42 Å². The molecule has 2 aromatic carbocycles. The number of rotatable bonds is 9. The van der Waals surface area contributed by atoms with E-state index in [1.54, 1.807) is 18.2 Å². The number of nitrogens with zero attached hydrogens (tertiary/aromatic N) is 1. The van der Waals surface area contributed by atoms with Gasteiger partial charge in [0, 0.05) is 37.1 Å². The van der Waals surface area contributed by atoms with E-state index in [1.807, 2.05) is 0 Å². The van der Waals surface area contributed by atoms with Gasteiger partial charge in [-0.1, -0.05) is 6.07 Å². The van der Waals surface area contributed by atoms with Gasteiger partial charge in [0.2, 0.25) is 0 Å². The van der Waals surface area contributed by atoms with E-state index in [0.29, 0.717) is 23.7 Å². The SMILES string of the molecule is COc1cc(CNC(=O)c2cc([N+](=O)[O-])cc(S(C)(=O)=O)c2)ccc1OCC1CCCO1. The maximum absolute atomic E-state index is 12.5. The molecule has 1 aliphatic heterocycles. The van der Waals surface area contributed by atoms with Crippen LogP contribution in [0.25, 0.3) is 0 Å². The lowest BCUT2D eigenvalue weighted by Crippen LogP contribution is -2.23. The molecule has 11 heteroatoms. The van der Waals surface area contributed by atoms with Crippen molar-refractivity contribution in [1.82, 2.24) is 5.32 Å². The molecule has 0 aromatic heterocycles. The molecule has 172 valence electrons. The Bertz CT molecular complexity index is 1110. The summed E-state index contributed by atoms with van der Waals surface area (Å²) in [7, 11) is -2.22. The quantitative estimate of drug-likeness (QED) is 0.442. The number of nitrogens with one attached hydrogen (secondary N) is 1. The molecule has 1 unspecified atom stereocenters. The minimum absolute atomic E-state index is 0.0606. The number of amides is 1. The van der Waals surface area contributed by atoms with Crippen LogP contribution in [0.2, 0.25) is 0 Å². The molecular weight excluding hydrogens is 440 g/mol. The van der Waals surface area contributed by atoms with Crippen molar-refractivity contribution in [3.8, 4) is 11.5 Å². The van der Waals surface area contributed by atoms with Crippen LogP contribution in [0.5, 0.6) is 11.5 Å². The standard InChI is InChI=1S/C21H24N2O8S/c1-29-20-8-14(5-6-19(20)31-13-17-4-3-7-30-17)12-22-21(24)15-9-16(23(25)26)11-18(10-15)32(2,27)28/h5-6,8-11,17H,3-4,7,12-13H2,1-2H3,(H,22,24). The predicted octanol–water partition coefficient (Wildman–Crippen LogP) is 2.49. The lowest BCUT2D eigenvalue weighted by molar-refractivity contribution is -0.385. The van der Waals surface area contributed by atoms with Crippen LogP contribution in [-0.2, 0) is 21.1 Å². The summed E-state index contributed by atoms with van der Waals surface area (Å²) in [6.45, 7) is 1.25. The van der Waals surface area contributed by atoms with Crippen molar-refractivity contribution in [3.63, 3.8) is 0 Å². The van der Waals surface area contributed by atoms with Crippen LogP contribution in [0.4, 0.5) is 5.69 Å². The van der Waals surface area contributed by atoms with E-state index >= 15 is 0 Å². The number of hydrogen-bond donors (Lipinski definition) is 1. The molecule has 0 saturated carbocycles. The maximum Gasteiger partial charge on any atom is 0.271 e. The van der Waals surface area contributed by atoms with Crippen LogP contribution in [-0.4, -0.2) is 51.9 Å². The number of nitro groups is 1. The lowest BCUT2D eigenvalue weighted by Gasteiger charge is -2.15. The Balaban J connectivity index is 1.70. The molecule has 2 aromatic rings. The zero-order valence-corrected chi connectivity index (χ0v) is 18.5. The van der Waals surface area contributed by atoms with Crippen LogP contribution < -0.4 is 14.8 Å². The van der Waals surface area contributed by atoms with Gasteiger partial charge < -0.3 is 19.5 Å². The van der Waals surface area contributed by atoms with Crippen molar-refractivity contribution >= 4 is 21.4 Å². The molecule has 1 N–H and O–H groups in total. The largest absolute Gasteiger partial charge is 0.493 e. The Morgan fingerprint density at radius 2 is 2.03 bits per heavy atom. The molecule has 3 rings (SSSR count). The Morgan fingerprint density at radius 3 is 2.66 bits per heavy atom. The van der Waals surface area contributed by atoms with Crippen LogP contribution in [0.3, 0.4) is 0 Å². The van der Waals surface area contributed by atoms with Crippen LogP contribution in [0.1, 0.15) is 28.8 Å². The monoisotopic (exact) mass is 464 g/mol. The lowest BCUT2D eigenvalue weighted by atomic mass is 10.1. The molecule has 1 fully saturated rings. The maximum atomic E-state index is 12.5. The van der Waals surface area contributed by atoms with Crippen molar-refractivity contribution in [2.45, 2.75) is 30.4 Å². The number of hydrogen-bond acceptors (Lipinski definition) is 8. The second kappa shape index (κ2) is 9.96. The van der Waals surface area contributed by atoms with E-state index in [9.17, 15) is 23.3 Å². The summed E-state index contributed by atoms with van der Waals surface area (Å²) in [6.07, 6.45) is 2.94. The van der Waals surface area contributed by atoms with Crippen LogP contribution in [0.15, 0.2) is 41.3 Å². The van der Waals surface area contributed by atoms with Crippen LogP contribution in [0, 0.1) is 10.1 Å². The molecule has 1 atom stereocenters. The zero-order valence-electron chi connectivity index (χ0n) is 17.7. The molecule has 0 spiro atoms. The van der Waals surface area contributed by atoms with Gasteiger partial charge >= 0.3 is 0 Å². The van der Waals surface area contributed by atoms with E-state index in [0.717, 1.165) is 43.9 Å². The second-order valence-corrected chi connectivity index (χ2v) is 9.37. The van der Waals surface area contributed by atoms with Gasteiger partial charge in [-0.3, -0.25) is 14.9 Å². The van der Waals surface area contributed by atoms with E-state index < -0.39 is 26.4 Å². The van der Waals surface area contributed by atoms with E-state index in [1.165, 1.54) is 7.11 Å². The minimum Gasteiger partial charge on any atom is -0.493 e. The first-order chi connectivity index (χ1) is 15.2. The Kier molecular flexibility index (Phi) is 7.31. The molecule has 1 amide bonds. The third-order valence-corrected chi connectivity index (χ3v) is 6.01. The highest BCUT2D eigenvalue weighted by Gasteiger charge is 2.20. The fourth-order valence-corrected chi connectivity index (χ4v) is 3.89. The Labute approximate surface area is 185 Å². The first kappa shape index (κ1) is 23.5. The molecule has 0 bridgehead atoms. The zero-order chi connectivity index (χ0) is 23.3. The average molecular weight is 464 g/mol. The van der Waals surface area contributed by atoms with Crippen molar-refractivity contribution in [3.05, 3.63) is 57.6 Å². The smallest absolute Gasteiger partial charge is 0.271 e. The summed E-state index contributed by atoms with van der Waals surface area (Å²) in [4.78, 5) is 22.6. The van der Waals surface area contributed by atoms with Gasteiger partial charge in [-0.05, 0) is 36.6 Å². The second-order valence-electron chi connectivity index (χ2n) is 7.36. The van der Waals surface area contributed by atoms with Crippen molar-refractivity contribution in [1.29, 1.82) is 0 Å². The molecule has 1 saturated heterocycles. The average Bonchev–Trinajstić information content (AvgIpc) is 3.29. The van der Waals surface area contributed by atoms with Gasteiger partial charge in [0.15, 0.2) is 21.3 Å². The van der Waals surface area contributed by atoms with Crippen LogP contribution >= 0.6 is 0 Å². The Morgan fingerprint density at radius 1 is 1.25 bits per heavy atom. The number of carbonyl (C=O) groups excluding carboxylic acids is 1. The van der Waals surface area contributed by atoms with Gasteiger partial charge in [-0.2, -0.15) is 0 Å². The fraction of sp³-hybridized carbons (Fsp3) is 0.381. The highest BCUT2D eigenvalue weighted by Crippen LogP contribution is 2.29. The summed E-state index contributed by atoms with van der Waals surface area (Å²) in [5.74, 6) is 0.398. The van der Waals surface area contributed by atoms with Crippen molar-refractivity contribution in [2.24, 2.45) is 0 Å². The third kappa shape index (κ3) is 5.95. The van der Waals surface area contributed by atoms with E-state index in [-0.39, 0.29) is 23.1 Å². The predicted molar refractivity (Wildman–Crippen MR) is 115 cm³/mol. The highest BCUT2D eigenvalue weighted by atomic mass is 32.2. The summed E-state index contributed by atoms with van der Waals surface area (Å²) in [6, 6.07) is 8.26. The first-order valence-corrected chi connectivity index (χ1v) is 11.8. The minimum atomic E-state index is -3.73.